The molecule has 0 atom stereocenters. The van der Waals surface area contributed by atoms with Gasteiger partial charge in [-0.05, 0) is 31.5 Å². The zero-order chi connectivity index (χ0) is 15.2. The average Bonchev–Trinajstić information content (AvgIpc) is 2.38. The monoisotopic (exact) mass is 290 g/mol. The summed E-state index contributed by atoms with van der Waals surface area (Å²) in [6, 6.07) is 2.92. The van der Waals surface area contributed by atoms with Crippen LogP contribution in [-0.2, 0) is 10.9 Å². The molecule has 0 radical (unpaired) electrons. The summed E-state index contributed by atoms with van der Waals surface area (Å²) in [5.74, 6) is -0.768. The fraction of sp³-hybridized carbons (Fsp3) is 0.500. The summed E-state index contributed by atoms with van der Waals surface area (Å²) < 4.78 is 48.3. The zero-order valence-electron chi connectivity index (χ0n) is 11.4. The molecule has 0 bridgehead atoms. The van der Waals surface area contributed by atoms with E-state index in [1.54, 1.807) is 6.92 Å². The summed E-state index contributed by atoms with van der Waals surface area (Å²) in [7, 11) is 0. The lowest BCUT2D eigenvalue weighted by Crippen LogP contribution is -2.11. The fourth-order valence-electron chi connectivity index (χ4n) is 1.51. The maximum Gasteiger partial charge on any atom is 0.416 e. The maximum absolute atomic E-state index is 12.8. The van der Waals surface area contributed by atoms with Gasteiger partial charge in [0.05, 0.1) is 24.3 Å². The van der Waals surface area contributed by atoms with Crippen molar-refractivity contribution in [3.63, 3.8) is 0 Å². The number of carbonyl (C=O) groups is 1. The first-order valence-electron chi connectivity index (χ1n) is 6.40. The third-order valence-electron chi connectivity index (χ3n) is 2.51. The van der Waals surface area contributed by atoms with Crippen LogP contribution in [0.5, 0.6) is 5.75 Å². The van der Waals surface area contributed by atoms with Crippen LogP contribution in [0.15, 0.2) is 18.2 Å². The molecule has 0 aliphatic heterocycles. The Morgan fingerprint density at radius 1 is 1.20 bits per heavy atom. The molecule has 0 aromatic heterocycles. The molecule has 0 aliphatic rings. The molecule has 112 valence electrons. The predicted molar refractivity (Wildman–Crippen MR) is 67.8 cm³/mol. The van der Waals surface area contributed by atoms with E-state index in [1.165, 1.54) is 6.07 Å². The van der Waals surface area contributed by atoms with Crippen LogP contribution in [-0.4, -0.2) is 19.2 Å². The fourth-order valence-corrected chi connectivity index (χ4v) is 1.51. The topological polar surface area (TPSA) is 35.5 Å². The minimum absolute atomic E-state index is 0.0244. The summed E-state index contributed by atoms with van der Waals surface area (Å²) >= 11 is 0. The van der Waals surface area contributed by atoms with Crippen LogP contribution in [0.4, 0.5) is 13.2 Å². The van der Waals surface area contributed by atoms with Crippen LogP contribution in [0.3, 0.4) is 0 Å². The molecule has 1 aromatic carbocycles. The van der Waals surface area contributed by atoms with E-state index < -0.39 is 17.7 Å². The van der Waals surface area contributed by atoms with E-state index in [0.29, 0.717) is 6.61 Å². The number of unbranched alkanes of at least 4 members (excludes halogenated alkanes) is 1. The molecule has 0 unspecified atom stereocenters. The highest BCUT2D eigenvalue weighted by molar-refractivity contribution is 5.90. The lowest BCUT2D eigenvalue weighted by molar-refractivity contribution is -0.137. The van der Waals surface area contributed by atoms with Gasteiger partial charge in [-0.25, -0.2) is 4.79 Å². The molecule has 0 amide bonds. The Labute approximate surface area is 115 Å². The van der Waals surface area contributed by atoms with Crippen molar-refractivity contribution in [2.75, 3.05) is 13.2 Å². The second kappa shape index (κ2) is 7.17. The van der Waals surface area contributed by atoms with Crippen molar-refractivity contribution in [3.05, 3.63) is 29.3 Å². The lowest BCUT2D eigenvalue weighted by atomic mass is 10.1. The van der Waals surface area contributed by atoms with E-state index >= 15 is 0 Å². The van der Waals surface area contributed by atoms with E-state index in [1.807, 2.05) is 6.92 Å². The highest BCUT2D eigenvalue weighted by atomic mass is 19.4. The smallest absolute Gasteiger partial charge is 0.416 e. The highest BCUT2D eigenvalue weighted by Gasteiger charge is 2.32. The number of rotatable bonds is 6. The third-order valence-corrected chi connectivity index (χ3v) is 2.51. The molecule has 6 heteroatoms. The number of hydrogen-bond donors (Lipinski definition) is 0. The third kappa shape index (κ3) is 4.75. The Hall–Kier alpha value is -1.72. The molecule has 0 saturated carbocycles. The number of alkyl halides is 3. The first-order valence-corrected chi connectivity index (χ1v) is 6.40. The van der Waals surface area contributed by atoms with E-state index in [2.05, 4.69) is 0 Å². The van der Waals surface area contributed by atoms with Gasteiger partial charge in [0.1, 0.15) is 5.75 Å². The van der Waals surface area contributed by atoms with Crippen LogP contribution < -0.4 is 4.74 Å². The van der Waals surface area contributed by atoms with E-state index in [0.717, 1.165) is 25.0 Å². The first kappa shape index (κ1) is 16.3. The van der Waals surface area contributed by atoms with E-state index in [4.69, 9.17) is 9.47 Å². The van der Waals surface area contributed by atoms with Gasteiger partial charge in [-0.15, -0.1) is 0 Å². The number of esters is 1. The quantitative estimate of drug-likeness (QED) is 0.585. The number of hydrogen-bond acceptors (Lipinski definition) is 3. The summed E-state index contributed by atoms with van der Waals surface area (Å²) in [4.78, 5) is 11.6. The van der Waals surface area contributed by atoms with Crippen LogP contribution in [0, 0.1) is 0 Å². The molecule has 0 heterocycles. The summed E-state index contributed by atoms with van der Waals surface area (Å²) in [6.45, 7) is 3.94. The number of halogens is 3. The maximum atomic E-state index is 12.8. The van der Waals surface area contributed by atoms with Crippen molar-refractivity contribution in [3.8, 4) is 5.75 Å². The normalized spacial score (nSPS) is 11.2. The van der Waals surface area contributed by atoms with Gasteiger partial charge in [0.25, 0.3) is 0 Å². The molecule has 0 spiro atoms. The molecule has 1 rings (SSSR count). The molecule has 0 N–H and O–H groups in total. The minimum atomic E-state index is -4.54. The van der Waals surface area contributed by atoms with Crippen molar-refractivity contribution in [1.29, 1.82) is 0 Å². The highest BCUT2D eigenvalue weighted by Crippen LogP contribution is 2.33. The largest absolute Gasteiger partial charge is 0.494 e. The molecule has 3 nitrogen and oxygen atoms in total. The molecule has 0 fully saturated rings. The van der Waals surface area contributed by atoms with Crippen molar-refractivity contribution >= 4 is 5.97 Å². The number of benzene rings is 1. The van der Waals surface area contributed by atoms with Crippen LogP contribution >= 0.6 is 0 Å². The molecular formula is C14H17F3O3. The van der Waals surface area contributed by atoms with Crippen LogP contribution in [0.25, 0.3) is 0 Å². The zero-order valence-corrected chi connectivity index (χ0v) is 11.4. The summed E-state index contributed by atoms with van der Waals surface area (Å²) in [6.07, 6.45) is -2.94. The molecule has 0 aliphatic carbocycles. The van der Waals surface area contributed by atoms with Gasteiger partial charge in [-0.2, -0.15) is 13.2 Å². The van der Waals surface area contributed by atoms with Crippen molar-refractivity contribution < 1.29 is 27.4 Å². The Morgan fingerprint density at radius 2 is 1.90 bits per heavy atom. The van der Waals surface area contributed by atoms with Crippen molar-refractivity contribution in [2.45, 2.75) is 32.9 Å². The molecular weight excluding hydrogens is 273 g/mol. The predicted octanol–water partition coefficient (Wildman–Crippen LogP) is 4.06. The van der Waals surface area contributed by atoms with Gasteiger partial charge in [-0.3, -0.25) is 0 Å². The van der Waals surface area contributed by atoms with Crippen LogP contribution in [0.2, 0.25) is 0 Å². The number of carbonyl (C=O) groups excluding carboxylic acids is 1. The van der Waals surface area contributed by atoms with Crippen LogP contribution in [0.1, 0.15) is 42.6 Å². The number of ether oxygens (including phenoxy) is 2. The van der Waals surface area contributed by atoms with Gasteiger partial charge in [0, 0.05) is 0 Å². The van der Waals surface area contributed by atoms with Gasteiger partial charge < -0.3 is 9.47 Å². The Morgan fingerprint density at radius 3 is 2.45 bits per heavy atom. The van der Waals surface area contributed by atoms with Crippen molar-refractivity contribution in [1.82, 2.24) is 0 Å². The lowest BCUT2D eigenvalue weighted by Gasteiger charge is -2.12. The average molecular weight is 290 g/mol. The first-order chi connectivity index (χ1) is 9.38. The molecule has 20 heavy (non-hydrogen) atoms. The van der Waals surface area contributed by atoms with Gasteiger partial charge >= 0.3 is 12.1 Å². The van der Waals surface area contributed by atoms with Gasteiger partial charge in [0.2, 0.25) is 0 Å². The molecule has 0 saturated heterocycles. The second-order valence-electron chi connectivity index (χ2n) is 4.17. The van der Waals surface area contributed by atoms with Crippen molar-refractivity contribution in [2.24, 2.45) is 0 Å². The van der Waals surface area contributed by atoms with E-state index in [-0.39, 0.29) is 17.9 Å². The SMILES string of the molecule is CCCCOc1cc(C(=O)OCC)cc(C(F)(F)F)c1. The summed E-state index contributed by atoms with van der Waals surface area (Å²) in [5.41, 5.74) is -1.08. The Kier molecular flexibility index (Phi) is 5.85. The van der Waals surface area contributed by atoms with Gasteiger partial charge in [-0.1, -0.05) is 13.3 Å². The second-order valence-corrected chi connectivity index (χ2v) is 4.17. The molecule has 1 aromatic rings. The summed E-state index contributed by atoms with van der Waals surface area (Å²) in [5, 5.41) is 0. The standard InChI is InChI=1S/C14H17F3O3/c1-3-5-6-20-12-8-10(13(18)19-4-2)7-11(9-12)14(15,16)17/h7-9H,3-6H2,1-2H3. The Balaban J connectivity index is 3.04. The van der Waals surface area contributed by atoms with E-state index in [9.17, 15) is 18.0 Å². The van der Waals surface area contributed by atoms with Gasteiger partial charge in [0.15, 0.2) is 0 Å². The Bertz CT molecular complexity index is 455. The minimum Gasteiger partial charge on any atom is -0.494 e.